The van der Waals surface area contributed by atoms with Crippen molar-refractivity contribution in [3.63, 3.8) is 0 Å². The van der Waals surface area contributed by atoms with Gasteiger partial charge in [-0.05, 0) is 49.3 Å². The van der Waals surface area contributed by atoms with Gasteiger partial charge in [0, 0.05) is 19.4 Å². The number of aryl methyl sites for hydroxylation is 1. The Morgan fingerprint density at radius 3 is 2.51 bits per heavy atom. The molecule has 0 aliphatic heterocycles. The summed E-state index contributed by atoms with van der Waals surface area (Å²) in [5.41, 5.74) is 0.861. The van der Waals surface area contributed by atoms with Gasteiger partial charge < -0.3 is 20.2 Å². The highest BCUT2D eigenvalue weighted by Gasteiger charge is 2.36. The number of aliphatic hydroxyl groups is 1. The number of carbonyl (C=O) groups is 2. The van der Waals surface area contributed by atoms with Crippen molar-refractivity contribution in [2.75, 3.05) is 6.54 Å². The van der Waals surface area contributed by atoms with Crippen molar-refractivity contribution >= 4 is 22.9 Å². The molecule has 3 N–H and O–H groups in total. The second kappa shape index (κ2) is 11.5. The van der Waals surface area contributed by atoms with Crippen LogP contribution in [0.1, 0.15) is 63.3 Å². The number of aromatic nitrogens is 1. The van der Waals surface area contributed by atoms with Crippen LogP contribution >= 0.6 is 0 Å². The van der Waals surface area contributed by atoms with Gasteiger partial charge in [-0.2, -0.15) is 0 Å². The maximum Gasteiger partial charge on any atom is 0.229 e. The highest BCUT2D eigenvalue weighted by molar-refractivity contribution is 5.79. The minimum atomic E-state index is -1.47. The van der Waals surface area contributed by atoms with Gasteiger partial charge in [-0.25, -0.2) is 4.98 Å². The summed E-state index contributed by atoms with van der Waals surface area (Å²) in [5.74, 6) is 0.163. The summed E-state index contributed by atoms with van der Waals surface area (Å²) >= 11 is 0. The van der Waals surface area contributed by atoms with Crippen molar-refractivity contribution in [1.82, 2.24) is 15.6 Å². The van der Waals surface area contributed by atoms with E-state index in [-0.39, 0.29) is 36.7 Å². The Labute approximate surface area is 206 Å². The summed E-state index contributed by atoms with van der Waals surface area (Å²) in [6.07, 6.45) is 6.61. The largest absolute Gasteiger partial charge is 0.437 e. The zero-order chi connectivity index (χ0) is 24.7. The van der Waals surface area contributed by atoms with E-state index in [9.17, 15) is 14.7 Å². The van der Waals surface area contributed by atoms with E-state index in [1.54, 1.807) is 0 Å². The van der Waals surface area contributed by atoms with Crippen molar-refractivity contribution in [2.45, 2.75) is 69.9 Å². The standard InChI is InChI=1S/C28H35N3O4/c1-20(32)30-24(22-12-6-3-7-13-22)18-26(33)29-19-28(34,17-16-21-10-4-2-5-11-21)27-31-23-14-8-9-15-25(23)35-27/h2,4-5,8-11,14-15,22,24,34H,3,6-7,12-13,16-19H2,1H3,(H,29,33)(H,30,32). The summed E-state index contributed by atoms with van der Waals surface area (Å²) in [7, 11) is 0. The summed E-state index contributed by atoms with van der Waals surface area (Å²) in [5, 5.41) is 17.6. The molecule has 2 atom stereocenters. The first-order valence-electron chi connectivity index (χ1n) is 12.6. The molecule has 0 bridgehead atoms. The predicted molar refractivity (Wildman–Crippen MR) is 134 cm³/mol. The predicted octanol–water partition coefficient (Wildman–Crippen LogP) is 4.24. The molecule has 1 aliphatic carbocycles. The average molecular weight is 478 g/mol. The van der Waals surface area contributed by atoms with Crippen LogP contribution in [0.5, 0.6) is 0 Å². The third kappa shape index (κ3) is 6.69. The van der Waals surface area contributed by atoms with E-state index < -0.39 is 5.60 Å². The highest BCUT2D eigenvalue weighted by Crippen LogP contribution is 2.30. The number of hydrogen-bond acceptors (Lipinski definition) is 5. The molecule has 0 radical (unpaired) electrons. The second-order valence-electron chi connectivity index (χ2n) is 9.69. The third-order valence-electron chi connectivity index (χ3n) is 6.95. The Bertz CT molecular complexity index is 1090. The normalized spacial score (nSPS) is 17.0. The fraction of sp³-hybridized carbons (Fsp3) is 0.464. The van der Waals surface area contributed by atoms with Gasteiger partial charge in [0.2, 0.25) is 17.7 Å². The minimum Gasteiger partial charge on any atom is -0.437 e. The van der Waals surface area contributed by atoms with E-state index in [0.29, 0.717) is 29.9 Å². The number of fused-ring (bicyclic) bond motifs is 1. The van der Waals surface area contributed by atoms with Crippen LogP contribution in [0.2, 0.25) is 0 Å². The van der Waals surface area contributed by atoms with Crippen molar-refractivity contribution in [3.05, 3.63) is 66.1 Å². The van der Waals surface area contributed by atoms with Crippen molar-refractivity contribution in [1.29, 1.82) is 0 Å². The Kier molecular flexibility index (Phi) is 8.18. The van der Waals surface area contributed by atoms with Gasteiger partial charge in [0.25, 0.3) is 0 Å². The zero-order valence-electron chi connectivity index (χ0n) is 20.3. The van der Waals surface area contributed by atoms with Gasteiger partial charge in [-0.15, -0.1) is 0 Å². The van der Waals surface area contributed by atoms with Gasteiger partial charge in [0.15, 0.2) is 11.2 Å². The van der Waals surface area contributed by atoms with Gasteiger partial charge >= 0.3 is 0 Å². The molecule has 1 heterocycles. The van der Waals surface area contributed by atoms with Crippen LogP contribution in [0.25, 0.3) is 11.1 Å². The lowest BCUT2D eigenvalue weighted by Crippen LogP contribution is -2.46. The van der Waals surface area contributed by atoms with Crippen molar-refractivity contribution in [2.24, 2.45) is 5.92 Å². The topological polar surface area (TPSA) is 104 Å². The van der Waals surface area contributed by atoms with E-state index in [1.807, 2.05) is 54.6 Å². The Hall–Kier alpha value is -3.19. The van der Waals surface area contributed by atoms with E-state index in [4.69, 9.17) is 4.42 Å². The zero-order valence-corrected chi connectivity index (χ0v) is 20.3. The van der Waals surface area contributed by atoms with Crippen molar-refractivity contribution < 1.29 is 19.1 Å². The quantitative estimate of drug-likeness (QED) is 0.405. The molecule has 2 aromatic carbocycles. The molecule has 1 aliphatic rings. The van der Waals surface area contributed by atoms with Crippen LogP contribution in [0.4, 0.5) is 0 Å². The molecule has 1 fully saturated rings. The fourth-order valence-corrected chi connectivity index (χ4v) is 4.99. The first kappa shape index (κ1) is 24.9. The van der Waals surface area contributed by atoms with Crippen LogP contribution < -0.4 is 10.6 Å². The number of carbonyl (C=O) groups excluding carboxylic acids is 2. The maximum absolute atomic E-state index is 13.0. The number of rotatable bonds is 10. The van der Waals surface area contributed by atoms with Crippen LogP contribution in [-0.4, -0.2) is 34.5 Å². The molecular weight excluding hydrogens is 442 g/mol. The molecule has 186 valence electrons. The molecule has 0 spiro atoms. The maximum atomic E-state index is 13.0. The average Bonchev–Trinajstić information content (AvgIpc) is 3.32. The Morgan fingerprint density at radius 1 is 1.09 bits per heavy atom. The fourth-order valence-electron chi connectivity index (χ4n) is 4.99. The number of amides is 2. The molecule has 2 amide bonds. The summed E-state index contributed by atoms with van der Waals surface area (Å²) in [6, 6.07) is 17.1. The van der Waals surface area contributed by atoms with Crippen LogP contribution in [0.3, 0.4) is 0 Å². The van der Waals surface area contributed by atoms with E-state index in [2.05, 4.69) is 15.6 Å². The summed E-state index contributed by atoms with van der Waals surface area (Å²) in [4.78, 5) is 29.3. The van der Waals surface area contributed by atoms with E-state index >= 15 is 0 Å². The number of hydrogen-bond donors (Lipinski definition) is 3. The van der Waals surface area contributed by atoms with Gasteiger partial charge in [0.1, 0.15) is 5.52 Å². The SMILES string of the molecule is CC(=O)NC(CC(=O)NCC(O)(CCc1ccccc1)c1nc2ccccc2o1)C1CCCCC1. The van der Waals surface area contributed by atoms with Gasteiger partial charge in [-0.1, -0.05) is 61.7 Å². The first-order chi connectivity index (χ1) is 16.9. The molecule has 7 nitrogen and oxygen atoms in total. The lowest BCUT2D eigenvalue weighted by Gasteiger charge is -2.31. The van der Waals surface area contributed by atoms with E-state index in [1.165, 1.54) is 13.3 Å². The lowest BCUT2D eigenvalue weighted by molar-refractivity contribution is -0.124. The third-order valence-corrected chi connectivity index (χ3v) is 6.95. The molecule has 1 saturated carbocycles. The lowest BCUT2D eigenvalue weighted by atomic mass is 9.82. The summed E-state index contributed by atoms with van der Waals surface area (Å²) < 4.78 is 5.91. The van der Waals surface area contributed by atoms with Crippen LogP contribution in [0, 0.1) is 5.92 Å². The molecule has 35 heavy (non-hydrogen) atoms. The monoisotopic (exact) mass is 477 g/mol. The van der Waals surface area contributed by atoms with E-state index in [0.717, 1.165) is 31.2 Å². The molecule has 0 saturated heterocycles. The number of benzene rings is 2. The van der Waals surface area contributed by atoms with Crippen LogP contribution in [0.15, 0.2) is 59.0 Å². The number of oxazole rings is 1. The summed E-state index contributed by atoms with van der Waals surface area (Å²) in [6.45, 7) is 1.46. The second-order valence-corrected chi connectivity index (χ2v) is 9.69. The number of para-hydroxylation sites is 2. The Morgan fingerprint density at radius 2 is 1.80 bits per heavy atom. The van der Waals surface area contributed by atoms with Crippen LogP contribution in [-0.2, 0) is 21.6 Å². The molecule has 2 unspecified atom stereocenters. The Balaban J connectivity index is 1.47. The molecule has 7 heteroatoms. The molecular formula is C28H35N3O4. The number of nitrogens with zero attached hydrogens (tertiary/aromatic N) is 1. The van der Waals surface area contributed by atoms with Gasteiger partial charge in [-0.3, -0.25) is 9.59 Å². The molecule has 3 aromatic rings. The van der Waals surface area contributed by atoms with Crippen molar-refractivity contribution in [3.8, 4) is 0 Å². The first-order valence-corrected chi connectivity index (χ1v) is 12.6. The highest BCUT2D eigenvalue weighted by atomic mass is 16.4. The molecule has 1 aromatic heterocycles. The molecule has 4 rings (SSSR count). The smallest absolute Gasteiger partial charge is 0.229 e. The minimum absolute atomic E-state index is 0.0249. The number of nitrogens with one attached hydrogen (secondary N) is 2. The van der Waals surface area contributed by atoms with Gasteiger partial charge in [0.05, 0.1) is 6.54 Å².